The predicted octanol–water partition coefficient (Wildman–Crippen LogP) is 5.37. The van der Waals surface area contributed by atoms with Crippen molar-refractivity contribution in [1.82, 2.24) is 9.97 Å². The molecule has 3 aromatic rings. The number of nitrogens with zero attached hydrogens (tertiary/aromatic N) is 2. The fourth-order valence-electron chi connectivity index (χ4n) is 2.04. The molecule has 0 amide bonds. The highest BCUT2D eigenvalue weighted by molar-refractivity contribution is 7.19. The lowest BCUT2D eigenvalue weighted by molar-refractivity contribution is 0.627. The standard InChI is InChI=1S/C14H9Cl2FN2S/c1-2-7-5-8(17)6-9-12(7)18-14(19-13(9)16)10-3-4-11(15)20-10/h3-6H,2H2,1H3. The number of aromatic nitrogens is 2. The molecular weight excluding hydrogens is 318 g/mol. The summed E-state index contributed by atoms with van der Waals surface area (Å²) in [6.45, 7) is 1.95. The fraction of sp³-hybridized carbons (Fsp3) is 0.143. The molecule has 6 heteroatoms. The second-order valence-electron chi connectivity index (χ2n) is 4.26. The SMILES string of the molecule is CCc1cc(F)cc2c(Cl)nc(-c3ccc(Cl)s3)nc12. The van der Waals surface area contributed by atoms with Gasteiger partial charge in [0.05, 0.1) is 14.7 Å². The van der Waals surface area contributed by atoms with Gasteiger partial charge in [-0.3, -0.25) is 0 Å². The van der Waals surface area contributed by atoms with Crippen molar-refractivity contribution in [1.29, 1.82) is 0 Å². The van der Waals surface area contributed by atoms with Crippen molar-refractivity contribution < 1.29 is 4.39 Å². The lowest BCUT2D eigenvalue weighted by Crippen LogP contribution is -1.95. The molecule has 0 radical (unpaired) electrons. The number of halogens is 3. The van der Waals surface area contributed by atoms with Gasteiger partial charge in [0.25, 0.3) is 0 Å². The number of benzene rings is 1. The minimum absolute atomic E-state index is 0.253. The average Bonchev–Trinajstić information content (AvgIpc) is 2.85. The van der Waals surface area contributed by atoms with Crippen LogP contribution < -0.4 is 0 Å². The van der Waals surface area contributed by atoms with Crippen LogP contribution in [0.5, 0.6) is 0 Å². The van der Waals surface area contributed by atoms with E-state index in [1.165, 1.54) is 23.5 Å². The molecule has 0 saturated carbocycles. The molecular formula is C14H9Cl2FN2S. The molecule has 0 N–H and O–H groups in total. The van der Waals surface area contributed by atoms with Gasteiger partial charge in [-0.2, -0.15) is 0 Å². The molecule has 0 bridgehead atoms. The van der Waals surface area contributed by atoms with E-state index in [9.17, 15) is 4.39 Å². The Kier molecular flexibility index (Phi) is 3.63. The van der Waals surface area contributed by atoms with Gasteiger partial charge in [-0.1, -0.05) is 30.1 Å². The Morgan fingerprint density at radius 1 is 1.20 bits per heavy atom. The van der Waals surface area contributed by atoms with Gasteiger partial charge in [-0.05, 0) is 36.2 Å². The van der Waals surface area contributed by atoms with Crippen molar-refractivity contribution in [3.05, 3.63) is 45.1 Å². The first-order valence-corrected chi connectivity index (χ1v) is 7.57. The number of thiophene rings is 1. The van der Waals surface area contributed by atoms with E-state index in [4.69, 9.17) is 23.2 Å². The summed E-state index contributed by atoms with van der Waals surface area (Å²) >= 11 is 13.5. The van der Waals surface area contributed by atoms with Crippen LogP contribution >= 0.6 is 34.5 Å². The number of aryl methyl sites for hydroxylation is 1. The minimum atomic E-state index is -0.327. The third kappa shape index (κ3) is 2.39. The van der Waals surface area contributed by atoms with Crippen molar-refractivity contribution in [2.75, 3.05) is 0 Å². The molecule has 2 nitrogen and oxygen atoms in total. The zero-order valence-electron chi connectivity index (χ0n) is 10.5. The summed E-state index contributed by atoms with van der Waals surface area (Å²) in [5, 5.41) is 0.790. The smallest absolute Gasteiger partial charge is 0.171 e. The number of hydrogen-bond acceptors (Lipinski definition) is 3. The van der Waals surface area contributed by atoms with Gasteiger partial charge < -0.3 is 0 Å². The summed E-state index contributed by atoms with van der Waals surface area (Å²) in [5.74, 6) is 0.187. The van der Waals surface area contributed by atoms with E-state index < -0.39 is 0 Å². The Morgan fingerprint density at radius 2 is 2.00 bits per heavy atom. The Labute approximate surface area is 129 Å². The molecule has 20 heavy (non-hydrogen) atoms. The van der Waals surface area contributed by atoms with Crippen LogP contribution in [0.15, 0.2) is 24.3 Å². The van der Waals surface area contributed by atoms with Gasteiger partial charge in [0.2, 0.25) is 0 Å². The molecule has 0 atom stereocenters. The molecule has 2 aromatic heterocycles. The third-order valence-electron chi connectivity index (χ3n) is 2.97. The van der Waals surface area contributed by atoms with Crippen molar-refractivity contribution in [2.45, 2.75) is 13.3 Å². The summed E-state index contributed by atoms with van der Waals surface area (Å²) in [7, 11) is 0. The summed E-state index contributed by atoms with van der Waals surface area (Å²) in [5.41, 5.74) is 1.50. The average molecular weight is 327 g/mol. The molecule has 2 heterocycles. The zero-order valence-corrected chi connectivity index (χ0v) is 12.8. The normalized spacial score (nSPS) is 11.2. The Bertz CT molecular complexity index is 801. The molecule has 0 unspecified atom stereocenters. The maximum atomic E-state index is 13.6. The summed E-state index contributed by atoms with van der Waals surface area (Å²) in [6.07, 6.45) is 0.673. The first kappa shape index (κ1) is 13.7. The van der Waals surface area contributed by atoms with Gasteiger partial charge in [-0.15, -0.1) is 11.3 Å². The molecule has 0 aliphatic heterocycles. The Morgan fingerprint density at radius 3 is 2.65 bits per heavy atom. The molecule has 0 aliphatic carbocycles. The van der Waals surface area contributed by atoms with Crippen LogP contribution in [0.2, 0.25) is 9.49 Å². The second kappa shape index (κ2) is 5.28. The largest absolute Gasteiger partial charge is 0.227 e. The van der Waals surface area contributed by atoms with E-state index in [2.05, 4.69) is 9.97 Å². The number of rotatable bonds is 2. The first-order chi connectivity index (χ1) is 9.58. The first-order valence-electron chi connectivity index (χ1n) is 6.00. The maximum Gasteiger partial charge on any atom is 0.171 e. The Hall–Kier alpha value is -1.23. The van der Waals surface area contributed by atoms with E-state index >= 15 is 0 Å². The Balaban J connectivity index is 2.30. The van der Waals surface area contributed by atoms with E-state index in [1.54, 1.807) is 6.07 Å². The number of fused-ring (bicyclic) bond motifs is 1. The summed E-state index contributed by atoms with van der Waals surface area (Å²) < 4.78 is 14.2. The van der Waals surface area contributed by atoms with Crippen molar-refractivity contribution in [3.8, 4) is 10.7 Å². The maximum absolute atomic E-state index is 13.6. The van der Waals surface area contributed by atoms with Crippen LogP contribution in [-0.2, 0) is 6.42 Å². The van der Waals surface area contributed by atoms with E-state index in [0.717, 1.165) is 10.4 Å². The van der Waals surface area contributed by atoms with Crippen molar-refractivity contribution >= 4 is 45.4 Å². The van der Waals surface area contributed by atoms with Crippen LogP contribution in [0.3, 0.4) is 0 Å². The number of hydrogen-bond donors (Lipinski definition) is 0. The van der Waals surface area contributed by atoms with Crippen LogP contribution in [-0.4, -0.2) is 9.97 Å². The van der Waals surface area contributed by atoms with Crippen LogP contribution in [0.4, 0.5) is 4.39 Å². The van der Waals surface area contributed by atoms with Gasteiger partial charge in [-0.25, -0.2) is 14.4 Å². The second-order valence-corrected chi connectivity index (χ2v) is 6.33. The van der Waals surface area contributed by atoms with Crippen LogP contribution in [0.1, 0.15) is 12.5 Å². The van der Waals surface area contributed by atoms with Crippen molar-refractivity contribution in [2.24, 2.45) is 0 Å². The van der Waals surface area contributed by atoms with E-state index in [-0.39, 0.29) is 11.0 Å². The molecule has 0 saturated heterocycles. The van der Waals surface area contributed by atoms with E-state index in [1.807, 2.05) is 13.0 Å². The van der Waals surface area contributed by atoms with Crippen LogP contribution in [0, 0.1) is 5.82 Å². The molecule has 0 spiro atoms. The zero-order chi connectivity index (χ0) is 14.3. The molecule has 0 aliphatic rings. The lowest BCUT2D eigenvalue weighted by atomic mass is 10.1. The summed E-state index contributed by atoms with van der Waals surface area (Å²) in [6, 6.07) is 6.48. The highest BCUT2D eigenvalue weighted by atomic mass is 35.5. The highest BCUT2D eigenvalue weighted by Crippen LogP contribution is 2.32. The van der Waals surface area contributed by atoms with E-state index in [0.29, 0.717) is 27.5 Å². The van der Waals surface area contributed by atoms with Gasteiger partial charge >= 0.3 is 0 Å². The highest BCUT2D eigenvalue weighted by Gasteiger charge is 2.13. The molecule has 1 aromatic carbocycles. The van der Waals surface area contributed by atoms with Gasteiger partial charge in [0, 0.05) is 5.39 Å². The molecule has 3 rings (SSSR count). The monoisotopic (exact) mass is 326 g/mol. The minimum Gasteiger partial charge on any atom is -0.227 e. The fourth-order valence-corrected chi connectivity index (χ4v) is 3.24. The predicted molar refractivity (Wildman–Crippen MR) is 82.2 cm³/mol. The lowest BCUT2D eigenvalue weighted by Gasteiger charge is -2.07. The third-order valence-corrected chi connectivity index (χ3v) is 4.49. The summed E-state index contributed by atoms with van der Waals surface area (Å²) in [4.78, 5) is 9.60. The van der Waals surface area contributed by atoms with Crippen molar-refractivity contribution in [3.63, 3.8) is 0 Å². The van der Waals surface area contributed by atoms with Crippen LogP contribution in [0.25, 0.3) is 21.6 Å². The topological polar surface area (TPSA) is 25.8 Å². The van der Waals surface area contributed by atoms with Gasteiger partial charge in [0.15, 0.2) is 5.82 Å². The molecule has 102 valence electrons. The van der Waals surface area contributed by atoms with Gasteiger partial charge in [0.1, 0.15) is 11.0 Å². The molecule has 0 fully saturated rings. The quantitative estimate of drug-likeness (QED) is 0.592.